The van der Waals surface area contributed by atoms with Crippen LogP contribution in [0.3, 0.4) is 0 Å². The summed E-state index contributed by atoms with van der Waals surface area (Å²) in [6.45, 7) is 7.88. The lowest BCUT2D eigenvalue weighted by atomic mass is 9.92. The standard InChI is InChI=1S/C39H46N2O5/c1-3-5-19-33(22-29-15-8-6-9-16-29)39(45)46-28-35(23-30-17-10-7-11-18-30)40-38(44)32(14-4-2)25-37(43)41-26-34-21-13-12-20-31(34)24-36(41)27-42/h3-4,6-13,15-18,20-21,32-33,35-36,42H,1-2,5,14,19,22-28H2,(H,40,44). The van der Waals surface area contributed by atoms with E-state index in [-0.39, 0.29) is 49.4 Å². The molecule has 2 amide bonds. The van der Waals surface area contributed by atoms with E-state index in [0.29, 0.717) is 45.1 Å². The van der Waals surface area contributed by atoms with Crippen molar-refractivity contribution < 1.29 is 24.2 Å². The first kappa shape index (κ1) is 34.4. The summed E-state index contributed by atoms with van der Waals surface area (Å²) in [5, 5.41) is 13.2. The van der Waals surface area contributed by atoms with Crippen LogP contribution in [0.5, 0.6) is 0 Å². The summed E-state index contributed by atoms with van der Waals surface area (Å²) in [6.07, 6.45) is 6.63. The van der Waals surface area contributed by atoms with Gasteiger partial charge in [-0.25, -0.2) is 0 Å². The van der Waals surface area contributed by atoms with Crippen LogP contribution in [-0.2, 0) is 44.9 Å². The fraction of sp³-hybridized carbons (Fsp3) is 0.359. The molecule has 0 radical (unpaired) electrons. The summed E-state index contributed by atoms with van der Waals surface area (Å²) in [7, 11) is 0. The molecule has 1 heterocycles. The summed E-state index contributed by atoms with van der Waals surface area (Å²) in [4.78, 5) is 42.4. The van der Waals surface area contributed by atoms with Gasteiger partial charge in [-0.2, -0.15) is 0 Å². The Bertz CT molecular complexity index is 1440. The lowest BCUT2D eigenvalue weighted by Crippen LogP contribution is -2.48. The molecule has 0 aromatic heterocycles. The monoisotopic (exact) mass is 622 g/mol. The minimum absolute atomic E-state index is 0.00307. The van der Waals surface area contributed by atoms with Gasteiger partial charge in [-0.3, -0.25) is 14.4 Å². The number of nitrogens with zero attached hydrogens (tertiary/aromatic N) is 1. The Hall–Kier alpha value is -4.49. The predicted octanol–water partition coefficient (Wildman–Crippen LogP) is 5.61. The first-order valence-electron chi connectivity index (χ1n) is 16.2. The van der Waals surface area contributed by atoms with E-state index in [1.165, 1.54) is 0 Å². The lowest BCUT2D eigenvalue weighted by molar-refractivity contribution is -0.150. The Morgan fingerprint density at radius 3 is 2.13 bits per heavy atom. The number of aliphatic hydroxyl groups is 1. The topological polar surface area (TPSA) is 95.9 Å². The fourth-order valence-corrected chi connectivity index (χ4v) is 6.05. The summed E-state index contributed by atoms with van der Waals surface area (Å²) >= 11 is 0. The molecule has 0 aliphatic carbocycles. The number of benzene rings is 3. The summed E-state index contributed by atoms with van der Waals surface area (Å²) in [5.74, 6) is -1.79. The lowest BCUT2D eigenvalue weighted by Gasteiger charge is -2.36. The maximum atomic E-state index is 13.7. The third-order valence-electron chi connectivity index (χ3n) is 8.61. The molecule has 0 fully saturated rings. The third-order valence-corrected chi connectivity index (χ3v) is 8.61. The molecule has 0 saturated heterocycles. The van der Waals surface area contributed by atoms with Crippen LogP contribution in [0.2, 0.25) is 0 Å². The second-order valence-electron chi connectivity index (χ2n) is 12.0. The van der Waals surface area contributed by atoms with Crippen LogP contribution < -0.4 is 5.32 Å². The number of hydrogen-bond acceptors (Lipinski definition) is 5. The molecule has 7 nitrogen and oxygen atoms in total. The van der Waals surface area contributed by atoms with Crippen LogP contribution in [0.1, 0.15) is 47.9 Å². The summed E-state index contributed by atoms with van der Waals surface area (Å²) in [5.41, 5.74) is 4.22. The average molecular weight is 623 g/mol. The van der Waals surface area contributed by atoms with Crippen LogP contribution in [0.15, 0.2) is 110 Å². The van der Waals surface area contributed by atoms with E-state index in [2.05, 4.69) is 18.5 Å². The first-order valence-corrected chi connectivity index (χ1v) is 16.2. The molecule has 2 N–H and O–H groups in total. The second-order valence-corrected chi connectivity index (χ2v) is 12.0. The predicted molar refractivity (Wildman–Crippen MR) is 181 cm³/mol. The number of carbonyl (C=O) groups excluding carboxylic acids is 3. The molecule has 0 bridgehead atoms. The highest BCUT2D eigenvalue weighted by atomic mass is 16.5. The maximum absolute atomic E-state index is 13.7. The van der Waals surface area contributed by atoms with Gasteiger partial charge >= 0.3 is 5.97 Å². The molecule has 0 saturated carbocycles. The van der Waals surface area contributed by atoms with Crippen molar-refractivity contribution in [3.8, 4) is 0 Å². The highest BCUT2D eigenvalue weighted by molar-refractivity contribution is 5.86. The Kier molecular flexibility index (Phi) is 13.3. The van der Waals surface area contributed by atoms with Gasteiger partial charge in [0.25, 0.3) is 0 Å². The van der Waals surface area contributed by atoms with Gasteiger partial charge in [-0.05, 0) is 60.8 Å². The smallest absolute Gasteiger partial charge is 0.309 e. The molecule has 3 aromatic carbocycles. The Morgan fingerprint density at radius 1 is 0.870 bits per heavy atom. The van der Waals surface area contributed by atoms with Gasteiger partial charge in [-0.15, -0.1) is 13.2 Å². The highest BCUT2D eigenvalue weighted by Gasteiger charge is 2.32. The molecule has 7 heteroatoms. The second kappa shape index (κ2) is 17.9. The minimum Gasteiger partial charge on any atom is -0.463 e. The number of ether oxygens (including phenoxy) is 1. The number of allylic oxidation sites excluding steroid dienone is 2. The van der Waals surface area contributed by atoms with Crippen LogP contribution in [0.4, 0.5) is 0 Å². The van der Waals surface area contributed by atoms with Gasteiger partial charge < -0.3 is 20.1 Å². The Morgan fingerprint density at radius 2 is 1.50 bits per heavy atom. The van der Waals surface area contributed by atoms with Crippen molar-refractivity contribution in [3.05, 3.63) is 132 Å². The van der Waals surface area contributed by atoms with Gasteiger partial charge in [0.15, 0.2) is 0 Å². The third kappa shape index (κ3) is 10.0. The molecule has 0 spiro atoms. The van der Waals surface area contributed by atoms with Gasteiger partial charge in [0.1, 0.15) is 6.61 Å². The van der Waals surface area contributed by atoms with Gasteiger partial charge in [0.2, 0.25) is 11.8 Å². The van der Waals surface area contributed by atoms with Crippen molar-refractivity contribution in [2.45, 2.75) is 63.6 Å². The first-order chi connectivity index (χ1) is 22.4. The van der Waals surface area contributed by atoms with E-state index in [9.17, 15) is 19.5 Å². The molecular weight excluding hydrogens is 576 g/mol. The van der Waals surface area contributed by atoms with Crippen molar-refractivity contribution >= 4 is 17.8 Å². The largest absolute Gasteiger partial charge is 0.463 e. The number of nitrogens with one attached hydrogen (secondary N) is 1. The molecular formula is C39H46N2O5. The van der Waals surface area contributed by atoms with Crippen molar-refractivity contribution in [2.24, 2.45) is 11.8 Å². The van der Waals surface area contributed by atoms with E-state index in [0.717, 1.165) is 22.3 Å². The van der Waals surface area contributed by atoms with Crippen molar-refractivity contribution in [1.29, 1.82) is 0 Å². The van der Waals surface area contributed by atoms with Crippen LogP contribution in [-0.4, -0.2) is 53.1 Å². The molecule has 242 valence electrons. The number of carbonyl (C=O) groups is 3. The zero-order valence-corrected chi connectivity index (χ0v) is 26.6. The highest BCUT2D eigenvalue weighted by Crippen LogP contribution is 2.25. The fourth-order valence-electron chi connectivity index (χ4n) is 6.05. The number of rotatable bonds is 17. The molecule has 1 aliphatic rings. The van der Waals surface area contributed by atoms with E-state index in [4.69, 9.17) is 4.74 Å². The molecule has 1 aliphatic heterocycles. The normalized spacial score (nSPS) is 15.9. The van der Waals surface area contributed by atoms with Crippen LogP contribution >= 0.6 is 0 Å². The van der Waals surface area contributed by atoms with Crippen molar-refractivity contribution in [2.75, 3.05) is 13.2 Å². The zero-order chi connectivity index (χ0) is 32.7. The molecule has 4 atom stereocenters. The minimum atomic E-state index is -0.658. The van der Waals surface area contributed by atoms with E-state index < -0.39 is 12.0 Å². The van der Waals surface area contributed by atoms with Crippen LogP contribution in [0.25, 0.3) is 0 Å². The van der Waals surface area contributed by atoms with Gasteiger partial charge in [0, 0.05) is 13.0 Å². The average Bonchev–Trinajstić information content (AvgIpc) is 3.08. The molecule has 3 aromatic rings. The van der Waals surface area contributed by atoms with Crippen LogP contribution in [0, 0.1) is 11.8 Å². The summed E-state index contributed by atoms with van der Waals surface area (Å²) < 4.78 is 5.88. The van der Waals surface area contributed by atoms with Gasteiger partial charge in [-0.1, -0.05) is 97.1 Å². The number of hydrogen-bond donors (Lipinski definition) is 2. The van der Waals surface area contributed by atoms with Crippen molar-refractivity contribution in [3.63, 3.8) is 0 Å². The number of amides is 2. The SMILES string of the molecule is C=CCCC(Cc1ccccc1)C(=O)OCC(Cc1ccccc1)NC(=O)C(CC=C)CC(=O)N1Cc2ccccc2CC1CO. The van der Waals surface area contributed by atoms with E-state index in [1.807, 2.05) is 84.9 Å². The van der Waals surface area contributed by atoms with Gasteiger partial charge in [0.05, 0.1) is 30.5 Å². The zero-order valence-electron chi connectivity index (χ0n) is 26.6. The molecule has 4 unspecified atom stereocenters. The summed E-state index contributed by atoms with van der Waals surface area (Å²) in [6, 6.07) is 26.7. The number of fused-ring (bicyclic) bond motifs is 1. The molecule has 4 rings (SSSR count). The van der Waals surface area contributed by atoms with E-state index in [1.54, 1.807) is 17.1 Å². The Labute approximate surface area is 273 Å². The quantitative estimate of drug-likeness (QED) is 0.151. The number of esters is 1. The molecule has 46 heavy (non-hydrogen) atoms. The number of aliphatic hydroxyl groups excluding tert-OH is 1. The maximum Gasteiger partial charge on any atom is 0.309 e. The van der Waals surface area contributed by atoms with E-state index >= 15 is 0 Å². The van der Waals surface area contributed by atoms with Crippen molar-refractivity contribution in [1.82, 2.24) is 10.2 Å². The Balaban J connectivity index is 1.44.